The lowest BCUT2D eigenvalue weighted by Gasteiger charge is -2.26. The van der Waals surface area contributed by atoms with Crippen LogP contribution in [0.25, 0.3) is 0 Å². The highest BCUT2D eigenvalue weighted by Crippen LogP contribution is 2.34. The topological polar surface area (TPSA) is 35.5 Å². The Balaban J connectivity index is 2.28. The number of benzene rings is 1. The SMILES string of the molecule is CNCc1ccc(Cl)cc1N(CCO)C1CC1. The van der Waals surface area contributed by atoms with Gasteiger partial charge < -0.3 is 15.3 Å². The lowest BCUT2D eigenvalue weighted by Crippen LogP contribution is -2.30. The van der Waals surface area contributed by atoms with Crippen molar-refractivity contribution in [2.45, 2.75) is 25.4 Å². The van der Waals surface area contributed by atoms with Crippen LogP contribution in [-0.4, -0.2) is 31.3 Å². The van der Waals surface area contributed by atoms with Crippen LogP contribution in [0.1, 0.15) is 18.4 Å². The molecular formula is C13H19ClN2O. The van der Waals surface area contributed by atoms with Crippen molar-refractivity contribution in [3.05, 3.63) is 28.8 Å². The van der Waals surface area contributed by atoms with E-state index in [-0.39, 0.29) is 6.61 Å². The van der Waals surface area contributed by atoms with Crippen molar-refractivity contribution in [2.75, 3.05) is 25.1 Å². The first-order chi connectivity index (χ1) is 8.26. The second-order valence-electron chi connectivity index (χ2n) is 4.45. The first-order valence-corrected chi connectivity index (χ1v) is 6.44. The van der Waals surface area contributed by atoms with Gasteiger partial charge in [-0.25, -0.2) is 0 Å². The molecule has 1 aliphatic rings. The standard InChI is InChI=1S/C13H19ClN2O/c1-15-9-10-2-3-11(14)8-13(10)16(6-7-17)12-4-5-12/h2-3,8,12,15,17H,4-7,9H2,1H3. The van der Waals surface area contributed by atoms with E-state index in [1.54, 1.807) is 0 Å². The molecule has 0 bridgehead atoms. The number of hydrogen-bond acceptors (Lipinski definition) is 3. The molecule has 1 fully saturated rings. The molecule has 0 saturated heterocycles. The van der Waals surface area contributed by atoms with Crippen molar-refractivity contribution in [3.63, 3.8) is 0 Å². The van der Waals surface area contributed by atoms with E-state index in [0.717, 1.165) is 17.3 Å². The summed E-state index contributed by atoms with van der Waals surface area (Å²) in [4.78, 5) is 2.28. The molecule has 1 aromatic rings. The largest absolute Gasteiger partial charge is 0.395 e. The maximum Gasteiger partial charge on any atom is 0.0606 e. The highest BCUT2D eigenvalue weighted by Gasteiger charge is 2.30. The van der Waals surface area contributed by atoms with E-state index >= 15 is 0 Å². The molecular weight excluding hydrogens is 236 g/mol. The van der Waals surface area contributed by atoms with E-state index in [1.807, 2.05) is 19.2 Å². The average molecular weight is 255 g/mol. The fourth-order valence-electron chi connectivity index (χ4n) is 2.14. The third-order valence-electron chi connectivity index (χ3n) is 3.05. The van der Waals surface area contributed by atoms with Crippen molar-refractivity contribution in [1.29, 1.82) is 0 Å². The Bertz CT molecular complexity index is 380. The summed E-state index contributed by atoms with van der Waals surface area (Å²) >= 11 is 6.08. The summed E-state index contributed by atoms with van der Waals surface area (Å²) in [6, 6.07) is 6.56. The molecule has 0 amide bonds. The second-order valence-corrected chi connectivity index (χ2v) is 4.89. The van der Waals surface area contributed by atoms with Crippen LogP contribution in [0.3, 0.4) is 0 Å². The van der Waals surface area contributed by atoms with Crippen LogP contribution in [0.5, 0.6) is 0 Å². The Hall–Kier alpha value is -0.770. The van der Waals surface area contributed by atoms with Crippen LogP contribution >= 0.6 is 11.6 Å². The summed E-state index contributed by atoms with van der Waals surface area (Å²) in [5, 5.41) is 13.1. The van der Waals surface area contributed by atoms with Gasteiger partial charge in [-0.15, -0.1) is 0 Å². The van der Waals surface area contributed by atoms with Gasteiger partial charge in [0.05, 0.1) is 6.61 Å². The zero-order chi connectivity index (χ0) is 12.3. The molecule has 2 rings (SSSR count). The molecule has 0 spiro atoms. The number of aliphatic hydroxyl groups is 1. The second kappa shape index (κ2) is 5.71. The van der Waals surface area contributed by atoms with E-state index in [1.165, 1.54) is 18.4 Å². The van der Waals surface area contributed by atoms with E-state index in [9.17, 15) is 5.11 Å². The maximum atomic E-state index is 9.17. The molecule has 4 heteroatoms. The van der Waals surface area contributed by atoms with Crippen LogP contribution in [-0.2, 0) is 6.54 Å². The lowest BCUT2D eigenvalue weighted by atomic mass is 10.1. The first-order valence-electron chi connectivity index (χ1n) is 6.06. The fourth-order valence-corrected chi connectivity index (χ4v) is 2.30. The number of aliphatic hydroxyl groups excluding tert-OH is 1. The Morgan fingerprint density at radius 1 is 1.47 bits per heavy atom. The van der Waals surface area contributed by atoms with E-state index in [4.69, 9.17) is 11.6 Å². The number of halogens is 1. The lowest BCUT2D eigenvalue weighted by molar-refractivity contribution is 0.301. The van der Waals surface area contributed by atoms with Gasteiger partial charge in [-0.1, -0.05) is 17.7 Å². The molecule has 17 heavy (non-hydrogen) atoms. The minimum absolute atomic E-state index is 0.183. The van der Waals surface area contributed by atoms with Gasteiger partial charge in [0.2, 0.25) is 0 Å². The normalized spacial score (nSPS) is 15.0. The Morgan fingerprint density at radius 2 is 2.24 bits per heavy atom. The van der Waals surface area contributed by atoms with Crippen molar-refractivity contribution in [2.24, 2.45) is 0 Å². The molecule has 94 valence electrons. The van der Waals surface area contributed by atoms with Crippen molar-refractivity contribution in [1.82, 2.24) is 5.32 Å². The van der Waals surface area contributed by atoms with Gasteiger partial charge in [-0.2, -0.15) is 0 Å². The first kappa shape index (κ1) is 12.7. The average Bonchev–Trinajstić information content (AvgIpc) is 3.13. The number of rotatable bonds is 6. The maximum absolute atomic E-state index is 9.17. The summed E-state index contributed by atoms with van der Waals surface area (Å²) < 4.78 is 0. The zero-order valence-electron chi connectivity index (χ0n) is 10.1. The molecule has 1 saturated carbocycles. The molecule has 3 nitrogen and oxygen atoms in total. The Labute approximate surface area is 107 Å². The minimum atomic E-state index is 0.183. The Kier molecular flexibility index (Phi) is 4.26. The van der Waals surface area contributed by atoms with Crippen molar-refractivity contribution >= 4 is 17.3 Å². The summed E-state index contributed by atoms with van der Waals surface area (Å²) in [5.74, 6) is 0. The van der Waals surface area contributed by atoms with Gasteiger partial charge in [-0.3, -0.25) is 0 Å². The number of nitrogens with one attached hydrogen (secondary N) is 1. The Morgan fingerprint density at radius 3 is 2.82 bits per heavy atom. The molecule has 0 aromatic heterocycles. The van der Waals surface area contributed by atoms with Gasteiger partial charge in [0.1, 0.15) is 0 Å². The molecule has 0 radical (unpaired) electrons. The van der Waals surface area contributed by atoms with Gasteiger partial charge in [0, 0.05) is 29.8 Å². The van der Waals surface area contributed by atoms with Crippen LogP contribution in [0, 0.1) is 0 Å². The van der Waals surface area contributed by atoms with E-state index in [2.05, 4.69) is 16.3 Å². The molecule has 0 atom stereocenters. The summed E-state index contributed by atoms with van der Waals surface area (Å²) in [6.45, 7) is 1.69. The predicted molar refractivity (Wildman–Crippen MR) is 71.7 cm³/mol. The number of hydrogen-bond donors (Lipinski definition) is 2. The van der Waals surface area contributed by atoms with Crippen LogP contribution in [0.4, 0.5) is 5.69 Å². The molecule has 2 N–H and O–H groups in total. The molecule has 0 unspecified atom stereocenters. The zero-order valence-corrected chi connectivity index (χ0v) is 10.9. The third-order valence-corrected chi connectivity index (χ3v) is 3.29. The fraction of sp³-hybridized carbons (Fsp3) is 0.538. The monoisotopic (exact) mass is 254 g/mol. The van der Waals surface area contributed by atoms with Gasteiger partial charge in [0.15, 0.2) is 0 Å². The summed E-state index contributed by atoms with van der Waals surface area (Å²) in [7, 11) is 1.94. The van der Waals surface area contributed by atoms with E-state index < -0.39 is 0 Å². The molecule has 1 aromatic carbocycles. The minimum Gasteiger partial charge on any atom is -0.395 e. The van der Waals surface area contributed by atoms with Crippen LogP contribution < -0.4 is 10.2 Å². The molecule has 1 aliphatic carbocycles. The van der Waals surface area contributed by atoms with Crippen LogP contribution in [0.2, 0.25) is 5.02 Å². The molecule has 0 heterocycles. The predicted octanol–water partition coefficient (Wildman–Crippen LogP) is 2.02. The van der Waals surface area contributed by atoms with Gasteiger partial charge >= 0.3 is 0 Å². The van der Waals surface area contributed by atoms with E-state index in [0.29, 0.717) is 12.6 Å². The summed E-state index contributed by atoms with van der Waals surface area (Å²) in [5.41, 5.74) is 2.39. The van der Waals surface area contributed by atoms with Crippen LogP contribution in [0.15, 0.2) is 18.2 Å². The molecule has 0 aliphatic heterocycles. The summed E-state index contributed by atoms with van der Waals surface area (Å²) in [6.07, 6.45) is 2.43. The third kappa shape index (κ3) is 3.12. The van der Waals surface area contributed by atoms with Gasteiger partial charge in [0.25, 0.3) is 0 Å². The van der Waals surface area contributed by atoms with Crippen molar-refractivity contribution < 1.29 is 5.11 Å². The smallest absolute Gasteiger partial charge is 0.0606 e. The quantitative estimate of drug-likeness (QED) is 0.815. The highest BCUT2D eigenvalue weighted by atomic mass is 35.5. The van der Waals surface area contributed by atoms with Gasteiger partial charge in [-0.05, 0) is 37.6 Å². The number of nitrogens with zero attached hydrogens (tertiary/aromatic N) is 1. The van der Waals surface area contributed by atoms with Crippen molar-refractivity contribution in [3.8, 4) is 0 Å². The highest BCUT2D eigenvalue weighted by molar-refractivity contribution is 6.30. The number of anilines is 1.